The first-order valence-corrected chi connectivity index (χ1v) is 11.6. The van der Waals surface area contributed by atoms with Crippen LogP contribution >= 0.6 is 0 Å². The highest BCUT2D eigenvalue weighted by Crippen LogP contribution is 2.30. The maximum atomic E-state index is 13.1. The zero-order valence-corrected chi connectivity index (χ0v) is 19.8. The molecule has 1 aromatic carbocycles. The van der Waals surface area contributed by atoms with E-state index in [9.17, 15) is 24.6 Å². The number of alkyl carbamates (subject to hydrolysis) is 1. The Hall–Kier alpha value is -3.49. The van der Waals surface area contributed by atoms with Crippen LogP contribution in [0, 0.1) is 12.8 Å². The molecule has 1 fully saturated rings. The Balaban J connectivity index is 1.72. The summed E-state index contributed by atoms with van der Waals surface area (Å²) in [6.45, 7) is 5.05. The molecule has 5 N–H and O–H groups in total. The highest BCUT2D eigenvalue weighted by Gasteiger charge is 2.32. The maximum Gasteiger partial charge on any atom is 0.407 e. The van der Waals surface area contributed by atoms with E-state index in [1.54, 1.807) is 13.8 Å². The molecular weight excluding hydrogens is 438 g/mol. The van der Waals surface area contributed by atoms with Gasteiger partial charge in [0.2, 0.25) is 11.8 Å². The predicted molar refractivity (Wildman–Crippen MR) is 126 cm³/mol. The Kier molecular flexibility index (Phi) is 8.20. The minimum absolute atomic E-state index is 0.0608. The van der Waals surface area contributed by atoms with Crippen molar-refractivity contribution >= 4 is 17.8 Å². The molecule has 1 heterocycles. The number of rotatable bonds is 9. The van der Waals surface area contributed by atoms with E-state index in [0.717, 1.165) is 31.2 Å². The topological polar surface area (TPSA) is 141 Å². The Bertz CT molecular complexity index is 1010. The highest BCUT2D eigenvalue weighted by atomic mass is 16.6. The van der Waals surface area contributed by atoms with Crippen LogP contribution in [0.2, 0.25) is 0 Å². The van der Waals surface area contributed by atoms with E-state index in [2.05, 4.69) is 15.6 Å². The first kappa shape index (κ1) is 25.1. The van der Waals surface area contributed by atoms with Gasteiger partial charge in [-0.05, 0) is 44.1 Å². The zero-order valence-electron chi connectivity index (χ0n) is 19.8. The third-order valence-corrected chi connectivity index (χ3v) is 6.18. The summed E-state index contributed by atoms with van der Waals surface area (Å²) >= 11 is 0. The van der Waals surface area contributed by atoms with Gasteiger partial charge in [-0.15, -0.1) is 0 Å². The number of aromatic nitrogens is 1. The number of hydrogen-bond donors (Lipinski definition) is 5. The summed E-state index contributed by atoms with van der Waals surface area (Å²) in [6, 6.07) is 7.50. The van der Waals surface area contributed by atoms with Gasteiger partial charge in [0.15, 0.2) is 11.7 Å². The van der Waals surface area contributed by atoms with E-state index in [1.807, 2.05) is 30.3 Å². The molecular formula is C25H33N3O6. The fourth-order valence-electron chi connectivity index (χ4n) is 4.25. The second-order valence-corrected chi connectivity index (χ2v) is 9.10. The number of aromatic hydroxyl groups is 2. The summed E-state index contributed by atoms with van der Waals surface area (Å²) in [5, 5.41) is 25.4. The molecule has 1 aliphatic carbocycles. The summed E-state index contributed by atoms with van der Waals surface area (Å²) in [7, 11) is 0. The number of ether oxygens (including phenoxy) is 1. The second-order valence-electron chi connectivity index (χ2n) is 9.10. The van der Waals surface area contributed by atoms with Crippen molar-refractivity contribution in [3.05, 3.63) is 47.0 Å². The van der Waals surface area contributed by atoms with Crippen molar-refractivity contribution in [3.63, 3.8) is 0 Å². The Morgan fingerprint density at radius 2 is 1.71 bits per heavy atom. The van der Waals surface area contributed by atoms with Crippen LogP contribution in [0.15, 0.2) is 30.3 Å². The Morgan fingerprint density at radius 1 is 1.06 bits per heavy atom. The van der Waals surface area contributed by atoms with E-state index in [0.29, 0.717) is 0 Å². The molecule has 2 atom stereocenters. The minimum Gasteiger partial charge on any atom is -0.494 e. The molecule has 3 rings (SSSR count). The van der Waals surface area contributed by atoms with Gasteiger partial charge in [0.05, 0.1) is 24.1 Å². The molecule has 2 aromatic rings. The number of Topliss-reactive ketones (excluding diaryl/α,β-unsaturated/α-hetero) is 1. The van der Waals surface area contributed by atoms with E-state index >= 15 is 0 Å². The number of carbonyl (C=O) groups excluding carboxylic acids is 3. The number of carbonyl (C=O) groups is 3. The van der Waals surface area contributed by atoms with Crippen LogP contribution in [0.25, 0.3) is 0 Å². The monoisotopic (exact) mass is 471 g/mol. The molecule has 0 saturated heterocycles. The SMILES string of the molecule is Cc1c(O)[nH]c(O)c1C(=O)[C@@H](NC(=O)CC(NC(=O)OC1CCCC1)c1ccccc1)C(C)C. The molecule has 1 aromatic heterocycles. The van der Waals surface area contributed by atoms with Crippen molar-refractivity contribution < 1.29 is 29.3 Å². The van der Waals surface area contributed by atoms with E-state index < -0.39 is 35.7 Å². The molecule has 34 heavy (non-hydrogen) atoms. The quantitative estimate of drug-likeness (QED) is 0.352. The standard InChI is InChI=1S/C25H33N3O6/c1-14(2)21(22(30)20-15(3)23(31)28-24(20)32)27-19(29)13-18(16-9-5-4-6-10-16)26-25(33)34-17-11-7-8-12-17/h4-6,9-10,14,17-18,21,28,31-32H,7-8,11-13H2,1-3H3,(H,26,33)(H,27,29)/t18?,21-/m0/s1. The average molecular weight is 472 g/mol. The first-order chi connectivity index (χ1) is 16.2. The number of hydrogen-bond acceptors (Lipinski definition) is 6. The van der Waals surface area contributed by atoms with Gasteiger partial charge in [-0.1, -0.05) is 44.2 Å². The summed E-state index contributed by atoms with van der Waals surface area (Å²) in [5.74, 6) is -2.00. The van der Waals surface area contributed by atoms with Crippen molar-refractivity contribution in [2.75, 3.05) is 0 Å². The van der Waals surface area contributed by atoms with Crippen LogP contribution in [0.4, 0.5) is 4.79 Å². The predicted octanol–water partition coefficient (Wildman–Crippen LogP) is 3.86. The second kappa shape index (κ2) is 11.1. The van der Waals surface area contributed by atoms with Gasteiger partial charge in [-0.2, -0.15) is 0 Å². The number of ketones is 1. The van der Waals surface area contributed by atoms with Crippen LogP contribution in [0.3, 0.4) is 0 Å². The summed E-state index contributed by atoms with van der Waals surface area (Å²) < 4.78 is 5.50. The number of benzene rings is 1. The van der Waals surface area contributed by atoms with Crippen molar-refractivity contribution in [2.45, 2.75) is 71.1 Å². The summed E-state index contributed by atoms with van der Waals surface area (Å²) in [6.07, 6.45) is 2.94. The molecule has 9 nitrogen and oxygen atoms in total. The minimum atomic E-state index is -0.936. The molecule has 2 amide bonds. The number of aromatic amines is 1. The average Bonchev–Trinajstić information content (AvgIpc) is 3.38. The van der Waals surface area contributed by atoms with Crippen LogP contribution in [-0.2, 0) is 9.53 Å². The van der Waals surface area contributed by atoms with Crippen LogP contribution < -0.4 is 10.6 Å². The molecule has 0 spiro atoms. The molecule has 0 radical (unpaired) electrons. The van der Waals surface area contributed by atoms with Crippen molar-refractivity contribution in [3.8, 4) is 11.8 Å². The normalized spacial score (nSPS) is 15.6. The number of H-pyrrole nitrogens is 1. The fraction of sp³-hybridized carbons (Fsp3) is 0.480. The Morgan fingerprint density at radius 3 is 2.26 bits per heavy atom. The zero-order chi connectivity index (χ0) is 24.8. The van der Waals surface area contributed by atoms with Crippen molar-refractivity contribution in [2.24, 2.45) is 5.92 Å². The lowest BCUT2D eigenvalue weighted by Crippen LogP contribution is -2.46. The lowest BCUT2D eigenvalue weighted by atomic mass is 9.93. The van der Waals surface area contributed by atoms with Gasteiger partial charge in [-0.25, -0.2) is 4.79 Å². The van der Waals surface area contributed by atoms with Crippen molar-refractivity contribution in [1.82, 2.24) is 15.6 Å². The molecule has 0 bridgehead atoms. The van der Waals surface area contributed by atoms with Crippen LogP contribution in [-0.4, -0.2) is 45.1 Å². The van der Waals surface area contributed by atoms with Crippen LogP contribution in [0.1, 0.15) is 73.5 Å². The van der Waals surface area contributed by atoms with E-state index in [1.165, 1.54) is 6.92 Å². The van der Waals surface area contributed by atoms with E-state index in [4.69, 9.17) is 4.74 Å². The lowest BCUT2D eigenvalue weighted by Gasteiger charge is -2.24. The highest BCUT2D eigenvalue weighted by molar-refractivity contribution is 6.05. The summed E-state index contributed by atoms with van der Waals surface area (Å²) in [4.78, 5) is 40.9. The van der Waals surface area contributed by atoms with Crippen LogP contribution in [0.5, 0.6) is 11.8 Å². The van der Waals surface area contributed by atoms with Gasteiger partial charge in [0.1, 0.15) is 6.10 Å². The number of amides is 2. The van der Waals surface area contributed by atoms with Gasteiger partial charge >= 0.3 is 6.09 Å². The molecule has 1 saturated carbocycles. The van der Waals surface area contributed by atoms with Gasteiger partial charge in [-0.3, -0.25) is 14.6 Å². The Labute approximate surface area is 198 Å². The van der Waals surface area contributed by atoms with Gasteiger partial charge in [0, 0.05) is 5.56 Å². The lowest BCUT2D eigenvalue weighted by molar-refractivity contribution is -0.122. The molecule has 0 aliphatic heterocycles. The smallest absolute Gasteiger partial charge is 0.407 e. The summed E-state index contributed by atoms with van der Waals surface area (Å²) in [5.41, 5.74) is 0.882. The molecule has 184 valence electrons. The van der Waals surface area contributed by atoms with Gasteiger partial charge < -0.3 is 25.6 Å². The van der Waals surface area contributed by atoms with Crippen molar-refractivity contribution in [1.29, 1.82) is 0 Å². The largest absolute Gasteiger partial charge is 0.494 e. The molecule has 1 unspecified atom stereocenters. The first-order valence-electron chi connectivity index (χ1n) is 11.6. The van der Waals surface area contributed by atoms with E-state index in [-0.39, 0.29) is 35.4 Å². The molecule has 9 heteroatoms. The third-order valence-electron chi connectivity index (χ3n) is 6.18. The maximum absolute atomic E-state index is 13.1. The van der Waals surface area contributed by atoms with Gasteiger partial charge in [0.25, 0.3) is 0 Å². The third kappa shape index (κ3) is 6.09. The number of nitrogens with one attached hydrogen (secondary N) is 3. The molecule has 1 aliphatic rings. The fourth-order valence-corrected chi connectivity index (χ4v) is 4.25.